The second kappa shape index (κ2) is 12.9. The van der Waals surface area contributed by atoms with Gasteiger partial charge in [-0.15, -0.1) is 0 Å². The number of aliphatic hydroxyl groups is 2. The number of carbonyl (C=O) groups excluding carboxylic acids is 1. The third kappa shape index (κ3) is 8.20. The van der Waals surface area contributed by atoms with Crippen molar-refractivity contribution in [3.63, 3.8) is 0 Å². The van der Waals surface area contributed by atoms with Crippen LogP contribution in [0, 0.1) is 29.1 Å². The van der Waals surface area contributed by atoms with Gasteiger partial charge in [0.15, 0.2) is 0 Å². The Morgan fingerprint density at radius 3 is 2.53 bits per heavy atom. The third-order valence-corrected chi connectivity index (χ3v) is 8.07. The number of nitrogens with one attached hydrogen (secondary N) is 1. The summed E-state index contributed by atoms with van der Waals surface area (Å²) in [6.45, 7) is 16.5. The fraction of sp³-hybridized carbons (Fsp3) is 0.724. The standard InChI is InChI=1S/C29H47NO6/c1-8-29(6,7)20(5)36-25-14-17(2)13-21-10-9-18(3)24(27(21)25)12-11-22(31)15-23(32)16-26(33)30-19(4)28(34)35/h9-10,13,17-19,22-25,27,31-32H,5,8,11-12,14-16H2,1-4,6-7H3,(H,30,33)(H,34,35)/t17-,18-,19?,22+,23+,24-,25-,27?/m0/s1. The first-order valence-electron chi connectivity index (χ1n) is 13.4. The maximum absolute atomic E-state index is 11.9. The summed E-state index contributed by atoms with van der Waals surface area (Å²) in [5, 5.41) is 32.1. The van der Waals surface area contributed by atoms with Crippen molar-refractivity contribution in [3.8, 4) is 0 Å². The van der Waals surface area contributed by atoms with Crippen molar-refractivity contribution < 1.29 is 29.6 Å². The van der Waals surface area contributed by atoms with Crippen LogP contribution in [0.4, 0.5) is 0 Å². The van der Waals surface area contributed by atoms with E-state index in [9.17, 15) is 19.8 Å². The highest BCUT2D eigenvalue weighted by atomic mass is 16.5. The molecule has 2 aliphatic carbocycles. The van der Waals surface area contributed by atoms with Crippen LogP contribution in [-0.2, 0) is 14.3 Å². The topological polar surface area (TPSA) is 116 Å². The van der Waals surface area contributed by atoms with Crippen LogP contribution in [0.2, 0.25) is 0 Å². The van der Waals surface area contributed by atoms with Gasteiger partial charge in [-0.2, -0.15) is 0 Å². The summed E-state index contributed by atoms with van der Waals surface area (Å²) in [4.78, 5) is 22.8. The maximum Gasteiger partial charge on any atom is 0.325 e. The number of hydrogen-bond acceptors (Lipinski definition) is 5. The predicted octanol–water partition coefficient (Wildman–Crippen LogP) is 4.60. The van der Waals surface area contributed by atoms with Crippen molar-refractivity contribution in [3.05, 3.63) is 36.1 Å². The average Bonchev–Trinajstić information content (AvgIpc) is 2.77. The third-order valence-electron chi connectivity index (χ3n) is 8.07. The van der Waals surface area contributed by atoms with Gasteiger partial charge in [0.05, 0.1) is 24.4 Å². The monoisotopic (exact) mass is 505 g/mol. The minimum atomic E-state index is -1.14. The molecule has 0 spiro atoms. The molecular formula is C29H47NO6. The Labute approximate surface area is 216 Å². The lowest BCUT2D eigenvalue weighted by molar-refractivity contribution is -0.141. The molecule has 8 atom stereocenters. The van der Waals surface area contributed by atoms with E-state index in [1.165, 1.54) is 12.5 Å². The number of allylic oxidation sites excluding steroid dienone is 4. The molecule has 7 heteroatoms. The Balaban J connectivity index is 2.02. The van der Waals surface area contributed by atoms with Gasteiger partial charge < -0.3 is 25.4 Å². The van der Waals surface area contributed by atoms with Crippen LogP contribution in [0.5, 0.6) is 0 Å². The van der Waals surface area contributed by atoms with Crippen molar-refractivity contribution in [1.29, 1.82) is 0 Å². The number of aliphatic carboxylic acids is 1. The lowest BCUT2D eigenvalue weighted by Gasteiger charge is -2.45. The average molecular weight is 506 g/mol. The Morgan fingerprint density at radius 1 is 1.25 bits per heavy atom. The molecule has 0 heterocycles. The van der Waals surface area contributed by atoms with Crippen molar-refractivity contribution in [2.45, 2.75) is 104 Å². The molecule has 0 aromatic carbocycles. The van der Waals surface area contributed by atoms with Crippen molar-refractivity contribution in [2.75, 3.05) is 0 Å². The number of carboxylic acids is 1. The Bertz CT molecular complexity index is 847. The summed E-state index contributed by atoms with van der Waals surface area (Å²) in [7, 11) is 0. The highest BCUT2D eigenvalue weighted by molar-refractivity contribution is 5.83. The zero-order valence-corrected chi connectivity index (χ0v) is 22.9. The van der Waals surface area contributed by atoms with Gasteiger partial charge in [0, 0.05) is 11.3 Å². The molecule has 0 aliphatic heterocycles. The van der Waals surface area contributed by atoms with E-state index in [1.54, 1.807) is 0 Å². The van der Waals surface area contributed by atoms with E-state index < -0.39 is 30.1 Å². The second-order valence-corrected chi connectivity index (χ2v) is 11.6. The first kappa shape index (κ1) is 30.1. The molecule has 0 aromatic rings. The van der Waals surface area contributed by atoms with Crippen molar-refractivity contribution in [2.24, 2.45) is 29.1 Å². The predicted molar refractivity (Wildman–Crippen MR) is 141 cm³/mol. The van der Waals surface area contributed by atoms with E-state index in [0.29, 0.717) is 18.3 Å². The highest BCUT2D eigenvalue weighted by Crippen LogP contribution is 2.46. The quantitative estimate of drug-likeness (QED) is 0.272. The molecule has 36 heavy (non-hydrogen) atoms. The summed E-state index contributed by atoms with van der Waals surface area (Å²) in [6, 6.07) is -1.02. The molecule has 0 radical (unpaired) electrons. The summed E-state index contributed by atoms with van der Waals surface area (Å²) >= 11 is 0. The molecular weight excluding hydrogens is 458 g/mol. The number of aliphatic hydroxyl groups excluding tert-OH is 2. The maximum atomic E-state index is 11.9. The smallest absolute Gasteiger partial charge is 0.325 e. The molecule has 2 rings (SSSR count). The van der Waals surface area contributed by atoms with Crippen molar-refractivity contribution in [1.82, 2.24) is 5.32 Å². The fourth-order valence-electron chi connectivity index (χ4n) is 5.24. The minimum absolute atomic E-state index is 0.0263. The van der Waals surface area contributed by atoms with Crippen LogP contribution >= 0.6 is 0 Å². The number of carbonyl (C=O) groups is 2. The van der Waals surface area contributed by atoms with Gasteiger partial charge in [0.1, 0.15) is 12.1 Å². The summed E-state index contributed by atoms with van der Waals surface area (Å²) < 4.78 is 6.57. The number of hydrogen-bond donors (Lipinski definition) is 4. The molecule has 4 N–H and O–H groups in total. The molecule has 2 unspecified atom stereocenters. The number of amides is 1. The van der Waals surface area contributed by atoms with Crippen LogP contribution in [0.25, 0.3) is 0 Å². The Morgan fingerprint density at radius 2 is 1.92 bits per heavy atom. The lowest BCUT2D eigenvalue weighted by Crippen LogP contribution is -2.41. The van der Waals surface area contributed by atoms with Crippen LogP contribution in [0.1, 0.15) is 80.1 Å². The molecule has 1 amide bonds. The van der Waals surface area contributed by atoms with Crippen LogP contribution in [0.15, 0.2) is 36.1 Å². The first-order valence-corrected chi connectivity index (χ1v) is 13.4. The number of rotatable bonds is 13. The van der Waals surface area contributed by atoms with Gasteiger partial charge in [0.2, 0.25) is 5.91 Å². The normalized spacial score (nSPS) is 28.3. The minimum Gasteiger partial charge on any atom is -0.494 e. The molecule has 7 nitrogen and oxygen atoms in total. The summed E-state index contributed by atoms with van der Waals surface area (Å²) in [5.74, 6) is 0.365. The molecule has 0 bridgehead atoms. The fourth-order valence-corrected chi connectivity index (χ4v) is 5.24. The molecule has 204 valence electrons. The first-order chi connectivity index (χ1) is 16.7. The van der Waals surface area contributed by atoms with Gasteiger partial charge in [-0.25, -0.2) is 0 Å². The molecule has 2 aliphatic rings. The van der Waals surface area contributed by atoms with E-state index in [1.807, 2.05) is 0 Å². The summed E-state index contributed by atoms with van der Waals surface area (Å²) in [6.07, 6.45) is 8.00. The second-order valence-electron chi connectivity index (χ2n) is 11.6. The van der Waals surface area contributed by atoms with Gasteiger partial charge in [-0.1, -0.05) is 59.4 Å². The summed E-state index contributed by atoms with van der Waals surface area (Å²) in [5.41, 5.74) is 1.19. The number of fused-ring (bicyclic) bond motifs is 1. The molecule has 0 fully saturated rings. The van der Waals surface area contributed by atoms with E-state index in [4.69, 9.17) is 9.84 Å². The number of ether oxygens (including phenoxy) is 1. The lowest BCUT2D eigenvalue weighted by atomic mass is 9.65. The van der Waals surface area contributed by atoms with Crippen LogP contribution < -0.4 is 5.32 Å². The molecule has 0 aromatic heterocycles. The Kier molecular flexibility index (Phi) is 10.8. The van der Waals surface area contributed by atoms with E-state index >= 15 is 0 Å². The van der Waals surface area contributed by atoms with Gasteiger partial charge in [-0.3, -0.25) is 9.59 Å². The van der Waals surface area contributed by atoms with Gasteiger partial charge >= 0.3 is 5.97 Å². The van der Waals surface area contributed by atoms with Gasteiger partial charge in [-0.05, 0) is 62.4 Å². The van der Waals surface area contributed by atoms with Crippen molar-refractivity contribution >= 4 is 11.9 Å². The highest BCUT2D eigenvalue weighted by Gasteiger charge is 2.41. The van der Waals surface area contributed by atoms with E-state index in [-0.39, 0.29) is 36.2 Å². The van der Waals surface area contributed by atoms with Gasteiger partial charge in [0.25, 0.3) is 0 Å². The zero-order valence-electron chi connectivity index (χ0n) is 22.9. The zero-order chi connectivity index (χ0) is 27.2. The van der Waals surface area contributed by atoms with E-state index in [2.05, 4.69) is 64.7 Å². The number of carboxylic acid groups (broad SMARTS) is 1. The van der Waals surface area contributed by atoms with E-state index in [0.717, 1.165) is 25.0 Å². The molecule has 0 saturated carbocycles. The largest absolute Gasteiger partial charge is 0.494 e. The van der Waals surface area contributed by atoms with Crippen LogP contribution in [-0.4, -0.2) is 51.5 Å². The molecule has 0 saturated heterocycles. The Hall–Kier alpha value is -2.12. The van der Waals surface area contributed by atoms with Crippen LogP contribution in [0.3, 0.4) is 0 Å². The SMILES string of the molecule is C=C(O[C@H]1C[C@@H](C)C=C2C=C[C@H](C)[C@H](CC[C@@H](O)C[C@@H](O)CC(=O)NC(C)C(=O)O)C21)C(C)(C)CC.